The van der Waals surface area contributed by atoms with Crippen molar-refractivity contribution in [1.29, 1.82) is 0 Å². The molecule has 0 fully saturated rings. The lowest BCUT2D eigenvalue weighted by Crippen LogP contribution is -2.29. The SMILES string of the molecule is CCCCn1c2ccccc2c2cc(-c3cc(N(CCO)CCO)ccc3N=Nc3ccc([N+](=O)[O-])cc3)ccc21. The van der Waals surface area contributed by atoms with Gasteiger partial charge in [-0.3, -0.25) is 10.1 Å². The van der Waals surface area contributed by atoms with Crippen molar-refractivity contribution in [2.75, 3.05) is 31.2 Å². The maximum atomic E-state index is 11.0. The van der Waals surface area contributed by atoms with Crippen LogP contribution >= 0.6 is 0 Å². The molecule has 0 amide bonds. The van der Waals surface area contributed by atoms with Crippen LogP contribution in [-0.2, 0) is 6.54 Å². The van der Waals surface area contributed by atoms with E-state index in [0.717, 1.165) is 41.6 Å². The second-order valence-electron chi connectivity index (χ2n) is 9.86. The summed E-state index contributed by atoms with van der Waals surface area (Å²) in [5.41, 5.74) is 6.17. The number of rotatable bonds is 12. The van der Waals surface area contributed by atoms with Crippen molar-refractivity contribution in [2.45, 2.75) is 26.3 Å². The fraction of sp³-hybridized carbons (Fsp3) is 0.250. The van der Waals surface area contributed by atoms with Gasteiger partial charge in [-0.15, -0.1) is 5.11 Å². The molecule has 0 radical (unpaired) electrons. The molecule has 0 spiro atoms. The molecule has 0 unspecified atom stereocenters. The minimum absolute atomic E-state index is 0.00625. The molecule has 5 aromatic rings. The first-order valence-electron chi connectivity index (χ1n) is 13.8. The average Bonchev–Trinajstić information content (AvgIpc) is 3.31. The van der Waals surface area contributed by atoms with E-state index in [0.29, 0.717) is 24.5 Å². The van der Waals surface area contributed by atoms with Crippen molar-refractivity contribution in [3.05, 3.63) is 95.0 Å². The summed E-state index contributed by atoms with van der Waals surface area (Å²) in [5, 5.41) is 41.5. The van der Waals surface area contributed by atoms with Crippen molar-refractivity contribution in [2.24, 2.45) is 10.2 Å². The molecule has 1 aromatic heterocycles. The molecule has 9 heteroatoms. The number of fused-ring (bicyclic) bond motifs is 3. The molecule has 0 bridgehead atoms. The van der Waals surface area contributed by atoms with Crippen molar-refractivity contribution in [1.82, 2.24) is 4.57 Å². The first kappa shape index (κ1) is 27.9. The molecule has 0 aliphatic heterocycles. The van der Waals surface area contributed by atoms with E-state index in [2.05, 4.69) is 64.2 Å². The van der Waals surface area contributed by atoms with Gasteiger partial charge in [-0.05, 0) is 60.5 Å². The van der Waals surface area contributed by atoms with Gasteiger partial charge in [0.25, 0.3) is 5.69 Å². The Labute approximate surface area is 238 Å². The van der Waals surface area contributed by atoms with Gasteiger partial charge in [0.1, 0.15) is 0 Å². The van der Waals surface area contributed by atoms with Crippen molar-refractivity contribution < 1.29 is 15.1 Å². The summed E-state index contributed by atoms with van der Waals surface area (Å²) in [4.78, 5) is 12.5. The van der Waals surface area contributed by atoms with Crippen LogP contribution < -0.4 is 4.90 Å². The molecule has 5 rings (SSSR count). The van der Waals surface area contributed by atoms with E-state index in [1.54, 1.807) is 12.1 Å². The summed E-state index contributed by atoms with van der Waals surface area (Å²) in [6.07, 6.45) is 2.20. The largest absolute Gasteiger partial charge is 0.395 e. The van der Waals surface area contributed by atoms with E-state index in [-0.39, 0.29) is 18.9 Å². The van der Waals surface area contributed by atoms with Gasteiger partial charge in [-0.2, -0.15) is 5.11 Å². The highest BCUT2D eigenvalue weighted by Gasteiger charge is 2.15. The average molecular weight is 552 g/mol. The summed E-state index contributed by atoms with van der Waals surface area (Å²) in [7, 11) is 0. The molecule has 210 valence electrons. The van der Waals surface area contributed by atoms with Crippen LogP contribution in [0.3, 0.4) is 0 Å². The molecule has 0 saturated heterocycles. The molecule has 41 heavy (non-hydrogen) atoms. The van der Waals surface area contributed by atoms with Crippen LogP contribution in [0.15, 0.2) is 95.2 Å². The van der Waals surface area contributed by atoms with Crippen LogP contribution in [-0.4, -0.2) is 46.0 Å². The lowest BCUT2D eigenvalue weighted by atomic mass is 10.00. The Morgan fingerprint density at radius 3 is 2.29 bits per heavy atom. The Balaban J connectivity index is 1.63. The number of anilines is 1. The number of nitrogens with zero attached hydrogens (tertiary/aromatic N) is 5. The van der Waals surface area contributed by atoms with E-state index in [4.69, 9.17) is 0 Å². The predicted octanol–water partition coefficient (Wildman–Crippen LogP) is 7.38. The van der Waals surface area contributed by atoms with Gasteiger partial charge in [0.05, 0.1) is 29.5 Å². The van der Waals surface area contributed by atoms with Gasteiger partial charge in [-0.25, -0.2) is 0 Å². The standard InChI is InChI=1S/C32H33N5O4/c1-2-3-16-36-31-7-5-4-6-27(31)29-21-23(8-15-32(29)36)28-22-26(35(17-19-38)18-20-39)13-14-30(28)34-33-24-9-11-25(12-10-24)37(40)41/h4-15,21-22,38-39H,2-3,16-20H2,1H3. The monoisotopic (exact) mass is 551 g/mol. The highest BCUT2D eigenvalue weighted by molar-refractivity contribution is 6.09. The van der Waals surface area contributed by atoms with Gasteiger partial charge in [0.15, 0.2) is 0 Å². The fourth-order valence-corrected chi connectivity index (χ4v) is 5.18. The first-order valence-corrected chi connectivity index (χ1v) is 13.8. The minimum atomic E-state index is -0.447. The zero-order chi connectivity index (χ0) is 28.8. The summed E-state index contributed by atoms with van der Waals surface area (Å²) >= 11 is 0. The van der Waals surface area contributed by atoms with Gasteiger partial charge < -0.3 is 19.7 Å². The molecule has 0 aliphatic rings. The first-order chi connectivity index (χ1) is 20.0. The molecule has 9 nitrogen and oxygen atoms in total. The van der Waals surface area contributed by atoms with Gasteiger partial charge >= 0.3 is 0 Å². The predicted molar refractivity (Wildman–Crippen MR) is 163 cm³/mol. The molecule has 0 saturated carbocycles. The number of para-hydroxylation sites is 1. The van der Waals surface area contributed by atoms with Crippen molar-refractivity contribution in [3.63, 3.8) is 0 Å². The molecule has 4 aromatic carbocycles. The van der Waals surface area contributed by atoms with Crippen molar-refractivity contribution >= 4 is 44.6 Å². The van der Waals surface area contributed by atoms with E-state index in [9.17, 15) is 20.3 Å². The van der Waals surface area contributed by atoms with Crippen LogP contribution in [0.4, 0.5) is 22.7 Å². The van der Waals surface area contributed by atoms with Crippen LogP contribution in [0.25, 0.3) is 32.9 Å². The molecular weight excluding hydrogens is 518 g/mol. The highest BCUT2D eigenvalue weighted by atomic mass is 16.6. The van der Waals surface area contributed by atoms with E-state index in [1.807, 2.05) is 23.1 Å². The third-order valence-electron chi connectivity index (χ3n) is 7.24. The number of azo groups is 1. The van der Waals surface area contributed by atoms with E-state index < -0.39 is 4.92 Å². The maximum absolute atomic E-state index is 11.0. The number of aromatic nitrogens is 1. The molecule has 0 atom stereocenters. The van der Waals surface area contributed by atoms with Gasteiger partial charge in [0, 0.05) is 64.8 Å². The number of nitro benzene ring substituents is 1. The lowest BCUT2D eigenvalue weighted by Gasteiger charge is -2.24. The Hall–Kier alpha value is -4.60. The number of hydrogen-bond acceptors (Lipinski definition) is 7. The second kappa shape index (κ2) is 12.7. The summed E-state index contributed by atoms with van der Waals surface area (Å²) in [5.74, 6) is 0. The molecule has 1 heterocycles. The Morgan fingerprint density at radius 2 is 1.59 bits per heavy atom. The number of non-ortho nitro benzene ring substituents is 1. The van der Waals surface area contributed by atoms with Gasteiger partial charge in [-0.1, -0.05) is 37.6 Å². The smallest absolute Gasteiger partial charge is 0.269 e. The number of hydrogen-bond donors (Lipinski definition) is 2. The third kappa shape index (κ3) is 5.96. The maximum Gasteiger partial charge on any atom is 0.269 e. The van der Waals surface area contributed by atoms with Crippen LogP contribution in [0.2, 0.25) is 0 Å². The number of nitro groups is 1. The Bertz CT molecular complexity index is 1690. The number of aliphatic hydroxyl groups excluding tert-OH is 2. The van der Waals surface area contributed by atoms with E-state index >= 15 is 0 Å². The number of unbranched alkanes of at least 4 members (excludes halogenated alkanes) is 1. The van der Waals surface area contributed by atoms with E-state index in [1.165, 1.54) is 28.6 Å². The van der Waals surface area contributed by atoms with Crippen LogP contribution in [0.5, 0.6) is 0 Å². The minimum Gasteiger partial charge on any atom is -0.395 e. The quantitative estimate of drug-likeness (QED) is 0.0953. The topological polar surface area (TPSA) is 116 Å². The van der Waals surface area contributed by atoms with Crippen LogP contribution in [0.1, 0.15) is 19.8 Å². The van der Waals surface area contributed by atoms with Crippen molar-refractivity contribution in [3.8, 4) is 11.1 Å². The second-order valence-corrected chi connectivity index (χ2v) is 9.86. The Kier molecular flexibility index (Phi) is 8.67. The summed E-state index contributed by atoms with van der Waals surface area (Å²) < 4.78 is 2.38. The fourth-order valence-electron chi connectivity index (χ4n) is 5.18. The lowest BCUT2D eigenvalue weighted by molar-refractivity contribution is -0.384. The summed E-state index contributed by atoms with van der Waals surface area (Å²) in [6.45, 7) is 3.82. The normalized spacial score (nSPS) is 11.6. The zero-order valence-corrected chi connectivity index (χ0v) is 23.0. The number of benzene rings is 4. The van der Waals surface area contributed by atoms with Gasteiger partial charge in [0.2, 0.25) is 0 Å². The molecule has 2 N–H and O–H groups in total. The summed E-state index contributed by atoms with van der Waals surface area (Å²) in [6, 6.07) is 26.6. The Morgan fingerprint density at radius 1 is 0.854 bits per heavy atom. The van der Waals surface area contributed by atoms with Crippen LogP contribution in [0, 0.1) is 10.1 Å². The number of aryl methyl sites for hydroxylation is 1. The third-order valence-corrected chi connectivity index (χ3v) is 7.24. The zero-order valence-electron chi connectivity index (χ0n) is 23.0. The highest BCUT2D eigenvalue weighted by Crippen LogP contribution is 2.39. The number of aliphatic hydroxyl groups is 2. The molecular formula is C32H33N5O4. The molecule has 0 aliphatic carbocycles.